The molecule has 164 valence electrons. The number of rotatable bonds is 10. The van der Waals surface area contributed by atoms with Crippen LogP contribution in [0.5, 0.6) is 5.75 Å². The molecular weight excluding hydrogens is 431 g/mol. The highest BCUT2D eigenvalue weighted by Crippen LogP contribution is 2.18. The van der Waals surface area contributed by atoms with Gasteiger partial charge in [0, 0.05) is 29.4 Å². The van der Waals surface area contributed by atoms with Crippen molar-refractivity contribution < 1.29 is 13.5 Å². The fraction of sp³-hybridized carbons (Fsp3) is 0.208. The molecule has 0 radical (unpaired) electrons. The summed E-state index contributed by atoms with van der Waals surface area (Å²) < 4.78 is 26.9. The van der Waals surface area contributed by atoms with Gasteiger partial charge in [0.1, 0.15) is 30.1 Å². The average Bonchev–Trinajstić information content (AvgIpc) is 3.48. The first kappa shape index (κ1) is 21.8. The highest BCUT2D eigenvalue weighted by Gasteiger charge is 2.05. The molecule has 0 atom stereocenters. The van der Waals surface area contributed by atoms with Crippen molar-refractivity contribution in [3.8, 4) is 5.75 Å². The Morgan fingerprint density at radius 3 is 2.75 bits per heavy atom. The van der Waals surface area contributed by atoms with Crippen LogP contribution in [0.3, 0.4) is 0 Å². The molecule has 0 saturated heterocycles. The van der Waals surface area contributed by atoms with Gasteiger partial charge in [-0.1, -0.05) is 35.0 Å². The third kappa shape index (κ3) is 6.28. The first-order valence-electron chi connectivity index (χ1n) is 10.3. The van der Waals surface area contributed by atoms with Gasteiger partial charge in [-0.3, -0.25) is 4.68 Å². The molecule has 0 aliphatic carbocycles. The Hall–Kier alpha value is -3.45. The van der Waals surface area contributed by atoms with Crippen molar-refractivity contribution in [2.75, 3.05) is 0 Å². The molecule has 4 rings (SSSR count). The lowest BCUT2D eigenvalue weighted by Crippen LogP contribution is -1.99. The van der Waals surface area contributed by atoms with E-state index >= 15 is 0 Å². The zero-order valence-electron chi connectivity index (χ0n) is 17.3. The second-order valence-electron chi connectivity index (χ2n) is 7.23. The highest BCUT2D eigenvalue weighted by molar-refractivity contribution is 6.30. The summed E-state index contributed by atoms with van der Waals surface area (Å²) >= 11 is 5.76. The van der Waals surface area contributed by atoms with Crippen molar-refractivity contribution in [2.24, 2.45) is 0 Å². The second kappa shape index (κ2) is 10.7. The van der Waals surface area contributed by atoms with Gasteiger partial charge >= 0.3 is 0 Å². The number of aromatic nitrogens is 4. The Labute approximate surface area is 190 Å². The molecule has 0 amide bonds. The molecule has 0 aliphatic rings. The number of hydrogen-bond acceptors (Lipinski definition) is 5. The van der Waals surface area contributed by atoms with E-state index in [9.17, 15) is 4.39 Å². The van der Waals surface area contributed by atoms with E-state index in [4.69, 9.17) is 20.8 Å². The number of aryl methyl sites for hydroxylation is 2. The van der Waals surface area contributed by atoms with Crippen LogP contribution in [0.1, 0.15) is 35.6 Å². The zero-order valence-corrected chi connectivity index (χ0v) is 18.1. The highest BCUT2D eigenvalue weighted by atomic mass is 35.5. The molecule has 0 spiro atoms. The number of hydrogen-bond donors (Lipinski definition) is 0. The fourth-order valence-electron chi connectivity index (χ4n) is 3.13. The Morgan fingerprint density at radius 1 is 1.09 bits per heavy atom. The van der Waals surface area contributed by atoms with Crippen LogP contribution in [0.4, 0.5) is 4.39 Å². The summed E-state index contributed by atoms with van der Waals surface area (Å²) in [6.07, 6.45) is 11.4. The molecule has 0 saturated carbocycles. The predicted molar refractivity (Wildman–Crippen MR) is 121 cm³/mol. The topological polar surface area (TPSA) is 66.0 Å². The Bertz CT molecular complexity index is 1160. The molecule has 2 heterocycles. The molecule has 2 aromatic heterocycles. The maximum Gasteiger partial charge on any atom is 0.218 e. The predicted octanol–water partition coefficient (Wildman–Crippen LogP) is 5.83. The van der Waals surface area contributed by atoms with Crippen LogP contribution < -0.4 is 4.74 Å². The van der Waals surface area contributed by atoms with Gasteiger partial charge in [-0.2, -0.15) is 0 Å². The normalized spacial score (nSPS) is 11.3. The molecule has 8 heteroatoms. The Balaban J connectivity index is 1.22. The van der Waals surface area contributed by atoms with Gasteiger partial charge in [0.2, 0.25) is 5.89 Å². The first-order chi connectivity index (χ1) is 15.7. The Kier molecular flexibility index (Phi) is 7.30. The largest absolute Gasteiger partial charge is 0.487 e. The maximum atomic E-state index is 13.8. The van der Waals surface area contributed by atoms with Crippen molar-refractivity contribution in [2.45, 2.75) is 32.4 Å². The minimum absolute atomic E-state index is 0.282. The Morgan fingerprint density at radius 2 is 1.97 bits per heavy atom. The number of benzene rings is 2. The molecule has 6 nitrogen and oxygen atoms in total. The van der Waals surface area contributed by atoms with Crippen LogP contribution in [-0.2, 0) is 19.6 Å². The molecule has 4 aromatic rings. The van der Waals surface area contributed by atoms with Crippen molar-refractivity contribution in [3.63, 3.8) is 0 Å². The molecule has 0 aliphatic heterocycles. The SMILES string of the molecule is Fc1cc(Cl)ccc1/C=C/c1nc(COc2ccc(CCCCn3ccnn3)cc2)co1. The summed E-state index contributed by atoms with van der Waals surface area (Å²) in [5.41, 5.74) is 2.32. The number of oxazole rings is 1. The molecule has 32 heavy (non-hydrogen) atoms. The maximum absolute atomic E-state index is 13.8. The smallest absolute Gasteiger partial charge is 0.218 e. The third-order valence-corrected chi connectivity index (χ3v) is 5.06. The number of halogens is 2. The summed E-state index contributed by atoms with van der Waals surface area (Å²) in [6.45, 7) is 1.16. The molecule has 0 fully saturated rings. The molecule has 2 aromatic carbocycles. The standard InChI is InChI=1S/C24H22ClFN4O2/c25-20-8-6-19(23(26)15-20)7-11-24-28-21(17-32-24)16-31-22-9-4-18(5-10-22)3-1-2-13-30-14-12-27-29-30/h4-12,14-15,17H,1-3,13,16H2/b11-7+. The van der Waals surface area contributed by atoms with E-state index in [0.29, 0.717) is 22.2 Å². The lowest BCUT2D eigenvalue weighted by Gasteiger charge is -2.06. The zero-order chi connectivity index (χ0) is 22.2. The van der Waals surface area contributed by atoms with E-state index < -0.39 is 5.82 Å². The minimum Gasteiger partial charge on any atom is -0.487 e. The average molecular weight is 453 g/mol. The van der Waals surface area contributed by atoms with Gasteiger partial charge in [0.25, 0.3) is 0 Å². The summed E-state index contributed by atoms with van der Waals surface area (Å²) in [5.74, 6) is 0.737. The van der Waals surface area contributed by atoms with Crippen LogP contribution >= 0.6 is 11.6 Å². The summed E-state index contributed by atoms with van der Waals surface area (Å²) in [5, 5.41) is 8.12. The van der Waals surface area contributed by atoms with Crippen molar-refractivity contribution in [1.82, 2.24) is 20.0 Å². The summed E-state index contributed by atoms with van der Waals surface area (Å²) in [6, 6.07) is 12.5. The van der Waals surface area contributed by atoms with E-state index in [2.05, 4.69) is 27.4 Å². The van der Waals surface area contributed by atoms with Crippen LogP contribution in [-0.4, -0.2) is 20.0 Å². The van der Waals surface area contributed by atoms with E-state index in [1.54, 1.807) is 30.5 Å². The third-order valence-electron chi connectivity index (χ3n) is 4.82. The molecule has 0 unspecified atom stereocenters. The monoisotopic (exact) mass is 452 g/mol. The van der Waals surface area contributed by atoms with Gasteiger partial charge in [-0.25, -0.2) is 9.37 Å². The van der Waals surface area contributed by atoms with Crippen LogP contribution in [0.15, 0.2) is 65.5 Å². The lowest BCUT2D eigenvalue weighted by molar-refractivity contribution is 0.301. The van der Waals surface area contributed by atoms with E-state index in [1.165, 1.54) is 17.9 Å². The minimum atomic E-state index is -0.400. The summed E-state index contributed by atoms with van der Waals surface area (Å²) in [7, 11) is 0. The van der Waals surface area contributed by atoms with Crippen LogP contribution in [0.2, 0.25) is 5.02 Å². The van der Waals surface area contributed by atoms with Crippen molar-refractivity contribution >= 4 is 23.8 Å². The van der Waals surface area contributed by atoms with Crippen LogP contribution in [0.25, 0.3) is 12.2 Å². The van der Waals surface area contributed by atoms with E-state index in [1.807, 2.05) is 23.0 Å². The fourth-order valence-corrected chi connectivity index (χ4v) is 3.29. The van der Waals surface area contributed by atoms with Gasteiger partial charge in [-0.05, 0) is 55.2 Å². The summed E-state index contributed by atoms with van der Waals surface area (Å²) in [4.78, 5) is 4.34. The number of unbranched alkanes of at least 4 members (excludes halogenated alkanes) is 1. The van der Waals surface area contributed by atoms with Crippen molar-refractivity contribution in [1.29, 1.82) is 0 Å². The van der Waals surface area contributed by atoms with Gasteiger partial charge in [0.05, 0.1) is 6.20 Å². The number of ether oxygens (including phenoxy) is 1. The van der Waals surface area contributed by atoms with Gasteiger partial charge in [-0.15, -0.1) is 5.10 Å². The first-order valence-corrected chi connectivity index (χ1v) is 10.7. The van der Waals surface area contributed by atoms with Crippen molar-refractivity contribution in [3.05, 3.63) is 94.7 Å². The van der Waals surface area contributed by atoms with Crippen LogP contribution in [0, 0.1) is 5.82 Å². The van der Waals surface area contributed by atoms with Gasteiger partial charge < -0.3 is 9.15 Å². The second-order valence-corrected chi connectivity index (χ2v) is 7.67. The lowest BCUT2D eigenvalue weighted by atomic mass is 10.1. The van der Waals surface area contributed by atoms with Gasteiger partial charge in [0.15, 0.2) is 0 Å². The quantitative estimate of drug-likeness (QED) is 0.283. The number of nitrogens with zero attached hydrogens (tertiary/aromatic N) is 4. The molecular formula is C24H22ClFN4O2. The van der Waals surface area contributed by atoms with E-state index in [0.717, 1.165) is 31.6 Å². The molecule has 0 N–H and O–H groups in total. The van der Waals surface area contributed by atoms with E-state index in [-0.39, 0.29) is 6.61 Å². The molecule has 0 bridgehead atoms.